The Morgan fingerprint density at radius 1 is 1.42 bits per heavy atom. The van der Waals surface area contributed by atoms with E-state index in [-0.39, 0.29) is 5.91 Å². The highest BCUT2D eigenvalue weighted by molar-refractivity contribution is 5.82. The van der Waals surface area contributed by atoms with E-state index in [1.807, 2.05) is 27.7 Å². The number of aromatic nitrogens is 2. The Balaban J connectivity index is 2.78. The van der Waals surface area contributed by atoms with Gasteiger partial charge in [-0.15, -0.1) is 0 Å². The third-order valence-corrected chi connectivity index (χ3v) is 2.86. The predicted octanol–water partition coefficient (Wildman–Crippen LogP) is 1.37. The molecule has 0 saturated heterocycles. The number of carbonyl (C=O) groups excluding carboxylic acids is 1. The second-order valence-electron chi connectivity index (χ2n) is 4.90. The fourth-order valence-electron chi connectivity index (χ4n) is 1.62. The van der Waals surface area contributed by atoms with Crippen LogP contribution in [-0.4, -0.2) is 36.1 Å². The quantitative estimate of drug-likeness (QED) is 0.813. The molecule has 6 nitrogen and oxygen atoms in total. The van der Waals surface area contributed by atoms with Crippen molar-refractivity contribution < 1.29 is 9.53 Å². The smallest absolute Gasteiger partial charge is 0.227 e. The molecule has 1 amide bonds. The SMILES string of the molecule is CCOc1ncnc(NCC(C)(C)C(=O)NC)c1C. The lowest BCUT2D eigenvalue weighted by Crippen LogP contribution is -2.39. The number of hydrogen-bond acceptors (Lipinski definition) is 5. The molecule has 0 unspecified atom stereocenters. The summed E-state index contributed by atoms with van der Waals surface area (Å²) < 4.78 is 5.41. The standard InChI is InChI=1S/C13H22N4O2/c1-6-19-11-9(2)10(16-8-17-11)15-7-13(3,4)12(18)14-5/h8H,6-7H2,1-5H3,(H,14,18)(H,15,16,17). The molecule has 106 valence electrons. The van der Waals surface area contributed by atoms with Gasteiger partial charge >= 0.3 is 0 Å². The Morgan fingerprint density at radius 3 is 2.68 bits per heavy atom. The molecule has 1 rings (SSSR count). The average molecular weight is 266 g/mol. The molecule has 0 spiro atoms. The van der Waals surface area contributed by atoms with Crippen molar-refractivity contribution in [3.63, 3.8) is 0 Å². The molecule has 0 bridgehead atoms. The number of nitrogens with zero attached hydrogens (tertiary/aromatic N) is 2. The van der Waals surface area contributed by atoms with Gasteiger partial charge in [-0.2, -0.15) is 0 Å². The fraction of sp³-hybridized carbons (Fsp3) is 0.615. The van der Waals surface area contributed by atoms with Crippen LogP contribution in [0.2, 0.25) is 0 Å². The molecular weight excluding hydrogens is 244 g/mol. The molecule has 1 aromatic rings. The van der Waals surface area contributed by atoms with Gasteiger partial charge in [0, 0.05) is 13.6 Å². The predicted molar refractivity (Wildman–Crippen MR) is 74.3 cm³/mol. The molecule has 0 radical (unpaired) electrons. The second-order valence-corrected chi connectivity index (χ2v) is 4.90. The third kappa shape index (κ3) is 3.81. The molecule has 0 aliphatic carbocycles. The molecule has 2 N–H and O–H groups in total. The second kappa shape index (κ2) is 6.36. The number of amides is 1. The molecule has 19 heavy (non-hydrogen) atoms. The number of carbonyl (C=O) groups is 1. The zero-order valence-electron chi connectivity index (χ0n) is 12.2. The minimum absolute atomic E-state index is 0.0169. The van der Waals surface area contributed by atoms with Gasteiger partial charge in [-0.25, -0.2) is 9.97 Å². The van der Waals surface area contributed by atoms with E-state index in [2.05, 4.69) is 20.6 Å². The number of rotatable bonds is 6. The Hall–Kier alpha value is -1.85. The topological polar surface area (TPSA) is 76.1 Å². The molecule has 0 atom stereocenters. The zero-order chi connectivity index (χ0) is 14.5. The molecule has 0 aliphatic heterocycles. The van der Waals surface area contributed by atoms with E-state index < -0.39 is 5.41 Å². The van der Waals surface area contributed by atoms with Crippen LogP contribution in [-0.2, 0) is 4.79 Å². The maximum Gasteiger partial charge on any atom is 0.227 e. The van der Waals surface area contributed by atoms with E-state index in [9.17, 15) is 4.79 Å². The fourth-order valence-corrected chi connectivity index (χ4v) is 1.62. The van der Waals surface area contributed by atoms with Crippen LogP contribution >= 0.6 is 0 Å². The lowest BCUT2D eigenvalue weighted by Gasteiger charge is -2.23. The summed E-state index contributed by atoms with van der Waals surface area (Å²) in [4.78, 5) is 19.9. The highest BCUT2D eigenvalue weighted by atomic mass is 16.5. The van der Waals surface area contributed by atoms with Crippen LogP contribution in [0.3, 0.4) is 0 Å². The summed E-state index contributed by atoms with van der Waals surface area (Å²) in [7, 11) is 1.63. The number of anilines is 1. The molecule has 0 fully saturated rings. The van der Waals surface area contributed by atoms with Crippen molar-refractivity contribution in [2.24, 2.45) is 5.41 Å². The van der Waals surface area contributed by atoms with Crippen molar-refractivity contribution >= 4 is 11.7 Å². The van der Waals surface area contributed by atoms with Crippen molar-refractivity contribution in [1.29, 1.82) is 0 Å². The van der Waals surface area contributed by atoms with Crippen LogP contribution in [0.5, 0.6) is 5.88 Å². The highest BCUT2D eigenvalue weighted by Gasteiger charge is 2.26. The first-order valence-corrected chi connectivity index (χ1v) is 6.32. The van der Waals surface area contributed by atoms with E-state index in [0.717, 1.165) is 5.56 Å². The average Bonchev–Trinajstić information content (AvgIpc) is 2.39. The highest BCUT2D eigenvalue weighted by Crippen LogP contribution is 2.22. The molecule has 6 heteroatoms. The maximum absolute atomic E-state index is 11.7. The van der Waals surface area contributed by atoms with Gasteiger partial charge in [0.05, 0.1) is 17.6 Å². The minimum Gasteiger partial charge on any atom is -0.478 e. The van der Waals surface area contributed by atoms with Crippen molar-refractivity contribution in [3.05, 3.63) is 11.9 Å². The van der Waals surface area contributed by atoms with Gasteiger partial charge in [0.15, 0.2) is 0 Å². The summed E-state index contributed by atoms with van der Waals surface area (Å²) in [6.07, 6.45) is 1.45. The Labute approximate surface area is 114 Å². The van der Waals surface area contributed by atoms with E-state index >= 15 is 0 Å². The summed E-state index contributed by atoms with van der Waals surface area (Å²) in [5.41, 5.74) is 0.329. The van der Waals surface area contributed by atoms with Gasteiger partial charge in [-0.1, -0.05) is 0 Å². The van der Waals surface area contributed by atoms with Crippen molar-refractivity contribution in [1.82, 2.24) is 15.3 Å². The summed E-state index contributed by atoms with van der Waals surface area (Å²) in [5, 5.41) is 5.83. The summed E-state index contributed by atoms with van der Waals surface area (Å²) in [5.74, 6) is 1.24. The molecule has 0 aliphatic rings. The van der Waals surface area contributed by atoms with E-state index in [0.29, 0.717) is 24.8 Å². The number of ether oxygens (including phenoxy) is 1. The first kappa shape index (κ1) is 15.2. The Bertz CT molecular complexity index is 446. The monoisotopic (exact) mass is 266 g/mol. The lowest BCUT2D eigenvalue weighted by atomic mass is 9.92. The van der Waals surface area contributed by atoms with Crippen molar-refractivity contribution in [3.8, 4) is 5.88 Å². The van der Waals surface area contributed by atoms with Crippen LogP contribution in [0.15, 0.2) is 6.33 Å². The lowest BCUT2D eigenvalue weighted by molar-refractivity contribution is -0.128. The Kier molecular flexibility index (Phi) is 5.09. The minimum atomic E-state index is -0.516. The molecule has 0 aromatic carbocycles. The number of nitrogens with one attached hydrogen (secondary N) is 2. The summed E-state index contributed by atoms with van der Waals surface area (Å²) >= 11 is 0. The van der Waals surface area contributed by atoms with Gasteiger partial charge in [0.2, 0.25) is 11.8 Å². The van der Waals surface area contributed by atoms with Crippen LogP contribution in [0.25, 0.3) is 0 Å². The van der Waals surface area contributed by atoms with Crippen molar-refractivity contribution in [2.45, 2.75) is 27.7 Å². The zero-order valence-corrected chi connectivity index (χ0v) is 12.2. The Morgan fingerprint density at radius 2 is 2.11 bits per heavy atom. The first-order chi connectivity index (χ1) is 8.92. The van der Waals surface area contributed by atoms with Crippen molar-refractivity contribution in [2.75, 3.05) is 25.5 Å². The first-order valence-electron chi connectivity index (χ1n) is 6.32. The van der Waals surface area contributed by atoms with Crippen LogP contribution in [0.4, 0.5) is 5.82 Å². The van der Waals surface area contributed by atoms with Gasteiger partial charge in [-0.05, 0) is 27.7 Å². The van der Waals surface area contributed by atoms with Crippen LogP contribution in [0.1, 0.15) is 26.3 Å². The van der Waals surface area contributed by atoms with Crippen LogP contribution < -0.4 is 15.4 Å². The largest absolute Gasteiger partial charge is 0.478 e. The van der Waals surface area contributed by atoms with E-state index in [1.54, 1.807) is 7.05 Å². The van der Waals surface area contributed by atoms with Gasteiger partial charge < -0.3 is 15.4 Å². The normalized spacial score (nSPS) is 11.0. The molecule has 0 saturated carbocycles. The van der Waals surface area contributed by atoms with Gasteiger partial charge in [0.25, 0.3) is 0 Å². The molecular formula is C13H22N4O2. The molecule has 1 heterocycles. The van der Waals surface area contributed by atoms with E-state index in [4.69, 9.17) is 4.74 Å². The van der Waals surface area contributed by atoms with E-state index in [1.165, 1.54) is 6.33 Å². The molecule has 1 aromatic heterocycles. The van der Waals surface area contributed by atoms with Crippen LogP contribution in [0, 0.1) is 12.3 Å². The van der Waals surface area contributed by atoms with Gasteiger partial charge in [0.1, 0.15) is 12.1 Å². The number of hydrogen-bond donors (Lipinski definition) is 2. The van der Waals surface area contributed by atoms with Gasteiger partial charge in [-0.3, -0.25) is 4.79 Å². The third-order valence-electron chi connectivity index (χ3n) is 2.86. The maximum atomic E-state index is 11.7. The summed E-state index contributed by atoms with van der Waals surface area (Å²) in [6, 6.07) is 0. The summed E-state index contributed by atoms with van der Waals surface area (Å²) in [6.45, 7) is 8.58.